The first-order valence-electron chi connectivity index (χ1n) is 11.6. The van der Waals surface area contributed by atoms with Gasteiger partial charge in [0.05, 0.1) is 7.11 Å². The summed E-state index contributed by atoms with van der Waals surface area (Å²) < 4.78 is 20.5. The molecule has 5 rings (SSSR count). The van der Waals surface area contributed by atoms with Gasteiger partial charge in [-0.15, -0.1) is 0 Å². The molecule has 30 heavy (non-hydrogen) atoms. The SMILES string of the molecule is COc1ccc2c(c1)CC[C@@H]1[C@@H]2CC[C@]2(C)[C@@H](Nc3cccc(C)c3)C[C@@H](F)C[C@@H]12. The Morgan fingerprint density at radius 3 is 2.77 bits per heavy atom. The fourth-order valence-electron chi connectivity index (χ4n) is 6.97. The summed E-state index contributed by atoms with van der Waals surface area (Å²) in [6.45, 7) is 4.56. The molecule has 2 nitrogen and oxygen atoms in total. The van der Waals surface area contributed by atoms with Crippen LogP contribution in [-0.4, -0.2) is 19.3 Å². The molecule has 2 saturated carbocycles. The van der Waals surface area contributed by atoms with Gasteiger partial charge in [-0.1, -0.05) is 25.1 Å². The third-order valence-corrected chi connectivity index (χ3v) is 8.53. The van der Waals surface area contributed by atoms with Gasteiger partial charge in [0.25, 0.3) is 0 Å². The van der Waals surface area contributed by atoms with E-state index < -0.39 is 6.17 Å². The average Bonchev–Trinajstić information content (AvgIpc) is 2.74. The van der Waals surface area contributed by atoms with Gasteiger partial charge in [0.15, 0.2) is 0 Å². The first-order valence-corrected chi connectivity index (χ1v) is 11.6. The molecule has 3 aliphatic rings. The smallest absolute Gasteiger partial charge is 0.119 e. The Hall–Kier alpha value is -2.03. The predicted octanol–water partition coefficient (Wildman–Crippen LogP) is 6.68. The van der Waals surface area contributed by atoms with Crippen molar-refractivity contribution < 1.29 is 9.13 Å². The molecule has 0 unspecified atom stereocenters. The minimum Gasteiger partial charge on any atom is -0.497 e. The highest BCUT2D eigenvalue weighted by atomic mass is 19.1. The maximum atomic E-state index is 15.1. The second-order valence-electron chi connectivity index (χ2n) is 10.2. The fraction of sp³-hybridized carbons (Fsp3) is 0.556. The Morgan fingerprint density at radius 2 is 1.97 bits per heavy atom. The number of aryl methyl sites for hydroxylation is 2. The van der Waals surface area contributed by atoms with Crippen molar-refractivity contribution >= 4 is 5.69 Å². The van der Waals surface area contributed by atoms with Gasteiger partial charge in [0.2, 0.25) is 0 Å². The molecule has 0 aliphatic heterocycles. The normalized spacial score (nSPS) is 35.0. The lowest BCUT2D eigenvalue weighted by atomic mass is 9.49. The molecule has 1 N–H and O–H groups in total. The Morgan fingerprint density at radius 1 is 1.10 bits per heavy atom. The lowest BCUT2D eigenvalue weighted by Crippen LogP contribution is -2.55. The lowest BCUT2D eigenvalue weighted by molar-refractivity contribution is -0.0400. The van der Waals surface area contributed by atoms with Gasteiger partial charge in [-0.3, -0.25) is 0 Å². The van der Waals surface area contributed by atoms with E-state index in [-0.39, 0.29) is 11.5 Å². The van der Waals surface area contributed by atoms with Crippen LogP contribution in [0.4, 0.5) is 10.1 Å². The summed E-state index contributed by atoms with van der Waals surface area (Å²) >= 11 is 0. The van der Waals surface area contributed by atoms with Crippen LogP contribution in [0.3, 0.4) is 0 Å². The highest BCUT2D eigenvalue weighted by molar-refractivity contribution is 5.47. The fourth-order valence-corrected chi connectivity index (χ4v) is 6.97. The number of alkyl halides is 1. The summed E-state index contributed by atoms with van der Waals surface area (Å²) in [4.78, 5) is 0. The molecular formula is C27H34FNO. The number of halogens is 1. The lowest BCUT2D eigenvalue weighted by Gasteiger charge is -2.58. The zero-order valence-electron chi connectivity index (χ0n) is 18.5. The van der Waals surface area contributed by atoms with E-state index in [1.165, 1.54) is 36.0 Å². The number of benzene rings is 2. The summed E-state index contributed by atoms with van der Waals surface area (Å²) in [5, 5.41) is 3.77. The summed E-state index contributed by atoms with van der Waals surface area (Å²) in [5.74, 6) is 2.56. The van der Waals surface area contributed by atoms with Gasteiger partial charge in [-0.2, -0.15) is 0 Å². The van der Waals surface area contributed by atoms with Crippen LogP contribution in [0.2, 0.25) is 0 Å². The Labute approximate surface area is 180 Å². The van der Waals surface area contributed by atoms with Gasteiger partial charge in [0, 0.05) is 11.7 Å². The van der Waals surface area contributed by atoms with E-state index >= 15 is 4.39 Å². The van der Waals surface area contributed by atoms with Crippen LogP contribution in [0.5, 0.6) is 5.75 Å². The van der Waals surface area contributed by atoms with Crippen molar-refractivity contribution in [3.8, 4) is 5.75 Å². The van der Waals surface area contributed by atoms with Crippen LogP contribution < -0.4 is 10.1 Å². The molecule has 3 aliphatic carbocycles. The first-order chi connectivity index (χ1) is 14.5. The number of methoxy groups -OCH3 is 1. The number of ether oxygens (including phenoxy) is 1. The summed E-state index contributed by atoms with van der Waals surface area (Å²) in [6.07, 6.45) is 5.30. The Kier molecular flexibility index (Phi) is 5.03. The largest absolute Gasteiger partial charge is 0.497 e. The standard InChI is InChI=1S/C27H34FNO/c1-17-5-4-6-20(13-17)29-26-16-19(28)15-25-24-9-7-18-14-21(30-3)8-10-22(18)23(24)11-12-27(25,26)2/h4-6,8,10,13-14,19,23-26,29H,7,9,11-12,15-16H2,1-3H3/t19-,23+,24+,25-,26-,27-/m0/s1. The molecule has 3 heteroatoms. The van der Waals surface area contributed by atoms with Crippen LogP contribution in [0, 0.1) is 24.2 Å². The number of anilines is 1. The molecule has 160 valence electrons. The molecule has 2 fully saturated rings. The monoisotopic (exact) mass is 407 g/mol. The van der Waals surface area contributed by atoms with E-state index in [0.717, 1.165) is 24.3 Å². The highest BCUT2D eigenvalue weighted by Crippen LogP contribution is 2.60. The molecule has 0 amide bonds. The highest BCUT2D eigenvalue weighted by Gasteiger charge is 2.54. The first kappa shape index (κ1) is 19.9. The van der Waals surface area contributed by atoms with Crippen molar-refractivity contribution in [2.24, 2.45) is 17.3 Å². The second-order valence-corrected chi connectivity index (χ2v) is 10.2. The van der Waals surface area contributed by atoms with Crippen LogP contribution in [0.25, 0.3) is 0 Å². The van der Waals surface area contributed by atoms with Gasteiger partial charge in [0.1, 0.15) is 11.9 Å². The number of hydrogen-bond donors (Lipinski definition) is 1. The van der Waals surface area contributed by atoms with Crippen LogP contribution in [0.15, 0.2) is 42.5 Å². The van der Waals surface area contributed by atoms with Crippen molar-refractivity contribution in [2.75, 3.05) is 12.4 Å². The Bertz CT molecular complexity index is 927. The van der Waals surface area contributed by atoms with Crippen LogP contribution >= 0.6 is 0 Å². The van der Waals surface area contributed by atoms with E-state index in [1.54, 1.807) is 7.11 Å². The van der Waals surface area contributed by atoms with Gasteiger partial charge < -0.3 is 10.1 Å². The van der Waals surface area contributed by atoms with Crippen molar-refractivity contribution in [1.82, 2.24) is 0 Å². The molecule has 0 saturated heterocycles. The van der Waals surface area contributed by atoms with Crippen LogP contribution in [-0.2, 0) is 6.42 Å². The van der Waals surface area contributed by atoms with E-state index in [1.807, 2.05) is 0 Å². The minimum atomic E-state index is -0.707. The number of hydrogen-bond acceptors (Lipinski definition) is 2. The molecule has 2 aromatic carbocycles. The predicted molar refractivity (Wildman–Crippen MR) is 121 cm³/mol. The van der Waals surface area contributed by atoms with E-state index in [9.17, 15) is 0 Å². The second kappa shape index (κ2) is 7.59. The van der Waals surface area contributed by atoms with Crippen molar-refractivity contribution in [2.45, 2.75) is 70.5 Å². The molecule has 0 bridgehead atoms. The van der Waals surface area contributed by atoms with E-state index in [0.29, 0.717) is 24.2 Å². The number of fused-ring (bicyclic) bond motifs is 5. The molecule has 0 spiro atoms. The summed E-state index contributed by atoms with van der Waals surface area (Å²) in [6, 6.07) is 15.3. The van der Waals surface area contributed by atoms with Gasteiger partial charge in [-0.25, -0.2) is 4.39 Å². The zero-order valence-corrected chi connectivity index (χ0v) is 18.5. The number of rotatable bonds is 3. The molecule has 0 aromatic heterocycles. The van der Waals surface area contributed by atoms with E-state index in [2.05, 4.69) is 61.6 Å². The molecule has 2 aromatic rings. The number of nitrogens with one attached hydrogen (secondary N) is 1. The van der Waals surface area contributed by atoms with Crippen molar-refractivity contribution in [3.05, 3.63) is 59.2 Å². The maximum absolute atomic E-state index is 15.1. The quantitative estimate of drug-likeness (QED) is 0.613. The maximum Gasteiger partial charge on any atom is 0.119 e. The van der Waals surface area contributed by atoms with Gasteiger partial charge in [-0.05, 0) is 110 Å². The Balaban J connectivity index is 1.44. The van der Waals surface area contributed by atoms with Crippen LogP contribution in [0.1, 0.15) is 61.6 Å². The molecule has 0 heterocycles. The topological polar surface area (TPSA) is 21.3 Å². The summed E-state index contributed by atoms with van der Waals surface area (Å²) in [5.41, 5.74) is 5.48. The zero-order chi connectivity index (χ0) is 20.9. The summed E-state index contributed by atoms with van der Waals surface area (Å²) in [7, 11) is 1.74. The van der Waals surface area contributed by atoms with Gasteiger partial charge >= 0.3 is 0 Å². The molecule has 0 radical (unpaired) electrons. The third kappa shape index (κ3) is 3.31. The molecular weight excluding hydrogens is 373 g/mol. The third-order valence-electron chi connectivity index (χ3n) is 8.53. The van der Waals surface area contributed by atoms with Crippen molar-refractivity contribution in [3.63, 3.8) is 0 Å². The van der Waals surface area contributed by atoms with E-state index in [4.69, 9.17) is 4.74 Å². The molecule has 6 atom stereocenters. The van der Waals surface area contributed by atoms with Crippen molar-refractivity contribution in [1.29, 1.82) is 0 Å². The minimum absolute atomic E-state index is 0.150. The average molecular weight is 408 g/mol.